The van der Waals surface area contributed by atoms with Gasteiger partial charge in [-0.15, -0.1) is 0 Å². The lowest BCUT2D eigenvalue weighted by Crippen LogP contribution is -2.36. The maximum atomic E-state index is 10.9. The van der Waals surface area contributed by atoms with Gasteiger partial charge in [0, 0.05) is 17.1 Å². The van der Waals surface area contributed by atoms with Crippen LogP contribution in [0.25, 0.3) is 11.2 Å². The van der Waals surface area contributed by atoms with Gasteiger partial charge in [-0.1, -0.05) is 17.7 Å². The van der Waals surface area contributed by atoms with Gasteiger partial charge in [0.25, 0.3) is 0 Å². The lowest BCUT2D eigenvalue weighted by molar-refractivity contribution is -0.116. The minimum atomic E-state index is -4.77. The number of hydrogen-bond donors (Lipinski definition) is 6. The molecule has 1 unspecified atom stereocenters. The highest BCUT2D eigenvalue weighted by molar-refractivity contribution is 7.46. The van der Waals surface area contributed by atoms with E-state index in [1.54, 1.807) is 12.1 Å². The molecule has 172 valence electrons. The van der Waals surface area contributed by atoms with Gasteiger partial charge in [-0.3, -0.25) is 4.52 Å². The van der Waals surface area contributed by atoms with Gasteiger partial charge in [0.1, 0.15) is 35.9 Å². The number of H-pyrrole nitrogens is 1. The van der Waals surface area contributed by atoms with Gasteiger partial charge < -0.3 is 39.8 Å². The highest BCUT2D eigenvalue weighted by atomic mass is 35.5. The predicted molar refractivity (Wildman–Crippen MR) is 110 cm³/mol. The second kappa shape index (κ2) is 9.25. The van der Waals surface area contributed by atoms with Crippen molar-refractivity contribution in [2.75, 3.05) is 11.9 Å². The number of aromatic nitrogens is 4. The first-order valence-corrected chi connectivity index (χ1v) is 11.2. The number of fused-ring (bicyclic) bond motifs is 1. The lowest BCUT2D eigenvalue weighted by Gasteiger charge is -2.20. The van der Waals surface area contributed by atoms with Crippen molar-refractivity contribution >= 4 is 36.4 Å². The number of anilines is 1. The summed E-state index contributed by atoms with van der Waals surface area (Å²) in [6.45, 7) is -0.395. The Hall–Kier alpha value is -2.35. The van der Waals surface area contributed by atoms with Crippen molar-refractivity contribution in [1.82, 2.24) is 19.9 Å². The van der Waals surface area contributed by atoms with Crippen LogP contribution in [0.3, 0.4) is 0 Å². The molecule has 2 aromatic heterocycles. The first-order chi connectivity index (χ1) is 15.2. The van der Waals surface area contributed by atoms with Crippen LogP contribution in [-0.4, -0.2) is 71.1 Å². The van der Waals surface area contributed by atoms with Crippen LogP contribution in [0.1, 0.15) is 5.56 Å². The van der Waals surface area contributed by atoms with Crippen LogP contribution in [0.2, 0.25) is 5.02 Å². The zero-order chi connectivity index (χ0) is 22.9. The second-order valence-corrected chi connectivity index (χ2v) is 8.53. The normalized spacial score (nSPS) is 23.5. The Morgan fingerprint density at radius 1 is 1.22 bits per heavy atom. The minimum absolute atomic E-state index is 0.244. The molecule has 32 heavy (non-hydrogen) atoms. The molecule has 0 spiro atoms. The van der Waals surface area contributed by atoms with Gasteiger partial charge in [-0.05, 0) is 12.1 Å². The molecule has 1 fully saturated rings. The minimum Gasteiger partial charge on any atom is -0.462 e. The molecular weight excluding hydrogens is 469 g/mol. The third kappa shape index (κ3) is 5.17. The summed E-state index contributed by atoms with van der Waals surface area (Å²) in [7, 11) is -4.77. The summed E-state index contributed by atoms with van der Waals surface area (Å²) >= 11 is 6.08. The Bertz CT molecular complexity index is 1140. The van der Waals surface area contributed by atoms with E-state index >= 15 is 0 Å². The molecule has 0 aliphatic carbocycles. The quantitative estimate of drug-likeness (QED) is 0.242. The van der Waals surface area contributed by atoms with E-state index < -0.39 is 39.0 Å². The number of phosphoric acid groups is 1. The Morgan fingerprint density at radius 2 is 2.03 bits per heavy atom. The van der Waals surface area contributed by atoms with Gasteiger partial charge in [0.05, 0.1) is 12.9 Å². The summed E-state index contributed by atoms with van der Waals surface area (Å²) in [4.78, 5) is 32.9. The van der Waals surface area contributed by atoms with Gasteiger partial charge in [-0.2, -0.15) is 0 Å². The van der Waals surface area contributed by atoms with Crippen molar-refractivity contribution in [2.24, 2.45) is 0 Å². The molecule has 1 aliphatic rings. The molecule has 0 bridgehead atoms. The zero-order valence-corrected chi connectivity index (χ0v) is 17.8. The zero-order valence-electron chi connectivity index (χ0n) is 16.2. The van der Waals surface area contributed by atoms with E-state index in [1.807, 2.05) is 0 Å². The van der Waals surface area contributed by atoms with Gasteiger partial charge in [0.15, 0.2) is 11.5 Å². The summed E-state index contributed by atoms with van der Waals surface area (Å²) < 4.78 is 26.4. The molecule has 1 saturated heterocycles. The topological polar surface area (TPSA) is 192 Å². The van der Waals surface area contributed by atoms with Crippen LogP contribution in [0, 0.1) is 0 Å². The number of imidazole rings is 1. The smallest absolute Gasteiger partial charge is 0.462 e. The monoisotopic (exact) mass is 487 g/mol. The molecule has 13 nitrogen and oxygen atoms in total. The number of phosphoric ester groups is 1. The van der Waals surface area contributed by atoms with Crippen LogP contribution < -0.4 is 10.1 Å². The van der Waals surface area contributed by atoms with E-state index in [2.05, 4.69) is 29.8 Å². The van der Waals surface area contributed by atoms with Crippen LogP contribution >= 0.6 is 19.4 Å². The standard InChI is InChI=1S/C17H19ClN5O8P/c18-9-2-1-8(4-19-15-12-16(21-6-20-12)23-7-22-15)10(3-9)30-17-14(25)13(24)11(31-17)5-29-32(26,27)28/h1-3,6-7,11,13-14,17,24-25H,4-5H2,(H2,26,27,28)(H2,19,20,21,22,23)/t11-,13-,14-,17?/m1/s1. The Labute approximate surface area is 185 Å². The highest BCUT2D eigenvalue weighted by Crippen LogP contribution is 2.37. The number of benzene rings is 1. The number of rotatable bonds is 8. The lowest BCUT2D eigenvalue weighted by atomic mass is 10.1. The van der Waals surface area contributed by atoms with Gasteiger partial charge >= 0.3 is 7.82 Å². The van der Waals surface area contributed by atoms with Crippen molar-refractivity contribution in [2.45, 2.75) is 31.1 Å². The molecule has 6 N–H and O–H groups in total. The van der Waals surface area contributed by atoms with Crippen LogP contribution in [0.4, 0.5) is 5.82 Å². The maximum Gasteiger partial charge on any atom is 0.469 e. The summed E-state index contributed by atoms with van der Waals surface area (Å²) in [6, 6.07) is 4.85. The third-order valence-electron chi connectivity index (χ3n) is 4.67. The van der Waals surface area contributed by atoms with E-state index in [0.717, 1.165) is 0 Å². The number of aliphatic hydroxyl groups excluding tert-OH is 2. The molecule has 1 aromatic carbocycles. The average Bonchev–Trinajstić information content (AvgIpc) is 3.32. The number of aliphatic hydroxyl groups is 2. The average molecular weight is 488 g/mol. The SMILES string of the molecule is O=P(O)(O)OC[C@H]1OC(Oc2cc(Cl)ccc2CNc2ncnc3nc[nH]c23)[C@H](O)[C@@H]1O. The van der Waals surface area contributed by atoms with Gasteiger partial charge in [-0.25, -0.2) is 19.5 Å². The van der Waals surface area contributed by atoms with Crippen molar-refractivity contribution in [1.29, 1.82) is 0 Å². The molecule has 1 aliphatic heterocycles. The van der Waals surface area contributed by atoms with E-state index in [0.29, 0.717) is 27.6 Å². The van der Waals surface area contributed by atoms with Crippen LogP contribution in [0.5, 0.6) is 5.75 Å². The van der Waals surface area contributed by atoms with E-state index in [9.17, 15) is 14.8 Å². The Kier molecular flexibility index (Phi) is 6.60. The summed E-state index contributed by atoms with van der Waals surface area (Å²) in [5.41, 5.74) is 1.74. The molecule has 0 saturated carbocycles. The third-order valence-corrected chi connectivity index (χ3v) is 5.39. The summed E-state index contributed by atoms with van der Waals surface area (Å²) in [5.74, 6) is 0.767. The van der Waals surface area contributed by atoms with Gasteiger partial charge in [0.2, 0.25) is 6.29 Å². The van der Waals surface area contributed by atoms with Crippen molar-refractivity contribution in [3.8, 4) is 5.75 Å². The fourth-order valence-corrected chi connectivity index (χ4v) is 3.61. The highest BCUT2D eigenvalue weighted by Gasteiger charge is 2.45. The molecule has 4 rings (SSSR count). The number of hydrogen-bond acceptors (Lipinski definition) is 10. The summed E-state index contributed by atoms with van der Waals surface area (Å²) in [5, 5.41) is 23.9. The molecule has 0 amide bonds. The molecule has 3 heterocycles. The molecule has 4 atom stereocenters. The van der Waals surface area contributed by atoms with E-state index in [1.165, 1.54) is 18.7 Å². The first-order valence-electron chi connectivity index (χ1n) is 9.26. The largest absolute Gasteiger partial charge is 0.469 e. The molecule has 0 radical (unpaired) electrons. The maximum absolute atomic E-state index is 10.9. The number of aromatic amines is 1. The van der Waals surface area contributed by atoms with Crippen molar-refractivity contribution in [3.63, 3.8) is 0 Å². The summed E-state index contributed by atoms with van der Waals surface area (Å²) in [6.07, 6.45) is -2.65. The van der Waals surface area contributed by atoms with Crippen LogP contribution in [0.15, 0.2) is 30.9 Å². The molecule has 15 heteroatoms. The second-order valence-electron chi connectivity index (χ2n) is 6.86. The van der Waals surface area contributed by atoms with E-state index in [4.69, 9.17) is 30.9 Å². The molecule has 3 aromatic rings. The van der Waals surface area contributed by atoms with Crippen molar-refractivity contribution in [3.05, 3.63) is 41.4 Å². The van der Waals surface area contributed by atoms with Crippen LogP contribution in [-0.2, 0) is 20.4 Å². The number of nitrogens with one attached hydrogen (secondary N) is 2. The fraction of sp³-hybridized carbons (Fsp3) is 0.353. The number of nitrogens with zero attached hydrogens (tertiary/aromatic N) is 3. The number of halogens is 1. The molecular formula is C17H19ClN5O8P. The van der Waals surface area contributed by atoms with E-state index in [-0.39, 0.29) is 12.3 Å². The fourth-order valence-electron chi connectivity index (χ4n) is 3.11. The Morgan fingerprint density at radius 3 is 2.81 bits per heavy atom. The first kappa shape index (κ1) is 22.8. The number of ether oxygens (including phenoxy) is 2. The van der Waals surface area contributed by atoms with Crippen molar-refractivity contribution < 1.29 is 38.6 Å². The Balaban J connectivity index is 1.47. The predicted octanol–water partition coefficient (Wildman–Crippen LogP) is 0.553.